The molecule has 0 saturated carbocycles. The molecule has 3 rings (SSSR count). The van der Waals surface area contributed by atoms with Crippen LogP contribution in [0.25, 0.3) is 0 Å². The summed E-state index contributed by atoms with van der Waals surface area (Å²) in [6.07, 6.45) is 13.2. The van der Waals surface area contributed by atoms with Crippen LogP contribution in [-0.2, 0) is 24.4 Å². The molecule has 0 bridgehead atoms. The van der Waals surface area contributed by atoms with Gasteiger partial charge in [-0.15, -0.1) is 0 Å². The SMILES string of the molecule is [CH2]CC(CC1CCN(CCS(C)(=O)=O)CC1)(CC1CCCN(CCS(C)(=O)=O)C1)C1CCN(CCOC)CC1. The molecular formula is C29H56N3O5S2. The minimum atomic E-state index is -2.95. The van der Waals surface area contributed by atoms with Crippen molar-refractivity contribution in [2.45, 2.75) is 57.8 Å². The van der Waals surface area contributed by atoms with Crippen LogP contribution in [0.15, 0.2) is 0 Å². The lowest BCUT2D eigenvalue weighted by Gasteiger charge is -2.50. The summed E-state index contributed by atoms with van der Waals surface area (Å²) in [5.41, 5.74) is 0.220. The second-order valence-electron chi connectivity index (χ2n) is 13.0. The molecule has 0 aromatic rings. The molecule has 3 aliphatic heterocycles. The van der Waals surface area contributed by atoms with Crippen molar-refractivity contribution in [3.63, 3.8) is 0 Å². The number of hydrogen-bond donors (Lipinski definition) is 0. The Balaban J connectivity index is 1.66. The first kappa shape index (κ1) is 33.2. The molecule has 3 aliphatic rings. The largest absolute Gasteiger partial charge is 0.383 e. The maximum atomic E-state index is 11.8. The fraction of sp³-hybridized carbons (Fsp3) is 0.966. The number of rotatable bonds is 15. The molecule has 3 saturated heterocycles. The maximum Gasteiger partial charge on any atom is 0.148 e. The summed E-state index contributed by atoms with van der Waals surface area (Å²) < 4.78 is 52.2. The Morgan fingerprint density at radius 2 is 1.28 bits per heavy atom. The van der Waals surface area contributed by atoms with Crippen LogP contribution in [0, 0.1) is 30.1 Å². The molecule has 229 valence electrons. The maximum absolute atomic E-state index is 11.8. The van der Waals surface area contributed by atoms with E-state index in [2.05, 4.69) is 21.6 Å². The summed E-state index contributed by atoms with van der Waals surface area (Å²) in [4.78, 5) is 7.26. The molecule has 1 radical (unpaired) electrons. The molecule has 0 N–H and O–H groups in total. The highest BCUT2D eigenvalue weighted by molar-refractivity contribution is 7.90. The normalized spacial score (nSPS) is 25.6. The summed E-state index contributed by atoms with van der Waals surface area (Å²) in [5, 5.41) is 0. The number of hydrogen-bond acceptors (Lipinski definition) is 8. The van der Waals surface area contributed by atoms with Crippen LogP contribution in [0.2, 0.25) is 0 Å². The summed E-state index contributed by atoms with van der Waals surface area (Å²) in [7, 11) is -4.10. The zero-order valence-corrected chi connectivity index (χ0v) is 26.6. The van der Waals surface area contributed by atoms with E-state index in [1.54, 1.807) is 7.11 Å². The number of ether oxygens (including phenoxy) is 1. The van der Waals surface area contributed by atoms with E-state index >= 15 is 0 Å². The Morgan fingerprint density at radius 3 is 1.85 bits per heavy atom. The third-order valence-electron chi connectivity index (χ3n) is 9.82. The van der Waals surface area contributed by atoms with E-state index in [1.165, 1.54) is 44.6 Å². The second-order valence-corrected chi connectivity index (χ2v) is 17.5. The molecule has 10 heteroatoms. The van der Waals surface area contributed by atoms with E-state index in [9.17, 15) is 16.8 Å². The Bertz CT molecular complexity index is 929. The van der Waals surface area contributed by atoms with Gasteiger partial charge in [-0.1, -0.05) is 6.92 Å². The lowest BCUT2D eigenvalue weighted by atomic mass is 9.60. The predicted molar refractivity (Wildman–Crippen MR) is 160 cm³/mol. The van der Waals surface area contributed by atoms with Gasteiger partial charge >= 0.3 is 0 Å². The number of methoxy groups -OCH3 is 1. The lowest BCUT2D eigenvalue weighted by molar-refractivity contribution is 0.00616. The van der Waals surface area contributed by atoms with Crippen LogP contribution in [-0.4, -0.2) is 128 Å². The fourth-order valence-corrected chi connectivity index (χ4v) is 8.67. The quantitative estimate of drug-likeness (QED) is 0.288. The number of piperidine rings is 3. The van der Waals surface area contributed by atoms with Gasteiger partial charge in [-0.2, -0.15) is 0 Å². The first-order valence-electron chi connectivity index (χ1n) is 15.2. The van der Waals surface area contributed by atoms with Crippen LogP contribution < -0.4 is 0 Å². The predicted octanol–water partition coefficient (Wildman–Crippen LogP) is 2.85. The van der Waals surface area contributed by atoms with Crippen molar-refractivity contribution < 1.29 is 21.6 Å². The second kappa shape index (κ2) is 15.3. The third-order valence-corrected chi connectivity index (χ3v) is 11.7. The van der Waals surface area contributed by atoms with Gasteiger partial charge in [0.15, 0.2) is 0 Å². The van der Waals surface area contributed by atoms with Crippen LogP contribution in [0.4, 0.5) is 0 Å². The first-order chi connectivity index (χ1) is 18.4. The Morgan fingerprint density at radius 1 is 0.744 bits per heavy atom. The van der Waals surface area contributed by atoms with Crippen molar-refractivity contribution in [1.29, 1.82) is 0 Å². The van der Waals surface area contributed by atoms with E-state index < -0.39 is 19.7 Å². The van der Waals surface area contributed by atoms with Crippen LogP contribution >= 0.6 is 0 Å². The molecule has 39 heavy (non-hydrogen) atoms. The molecule has 0 aromatic heterocycles. The van der Waals surface area contributed by atoms with Gasteiger partial charge in [0.05, 0.1) is 18.1 Å². The van der Waals surface area contributed by atoms with Gasteiger partial charge in [-0.25, -0.2) is 16.8 Å². The topological polar surface area (TPSA) is 87.2 Å². The van der Waals surface area contributed by atoms with Crippen LogP contribution in [0.1, 0.15) is 57.8 Å². The van der Waals surface area contributed by atoms with Crippen LogP contribution in [0.3, 0.4) is 0 Å². The van der Waals surface area contributed by atoms with E-state index in [1.807, 2.05) is 0 Å². The lowest BCUT2D eigenvalue weighted by Crippen LogP contribution is -2.46. The summed E-state index contributed by atoms with van der Waals surface area (Å²) >= 11 is 0. The van der Waals surface area contributed by atoms with Crippen molar-refractivity contribution >= 4 is 19.7 Å². The monoisotopic (exact) mass is 590 g/mol. The highest BCUT2D eigenvalue weighted by Gasteiger charge is 2.43. The highest BCUT2D eigenvalue weighted by atomic mass is 32.2. The summed E-state index contributed by atoms with van der Waals surface area (Å²) in [6, 6.07) is 0. The Kier molecular flexibility index (Phi) is 13.0. The first-order valence-corrected chi connectivity index (χ1v) is 19.3. The number of likely N-dealkylation sites (tertiary alicyclic amines) is 3. The van der Waals surface area contributed by atoms with Gasteiger partial charge in [-0.3, -0.25) is 0 Å². The standard InChI is InChI=1S/C29H56N3O5S2/c1-5-29(28-10-15-30(16-11-28)17-20-37-2,23-26-8-13-31(14-9-26)18-21-38(3,33)34)24-27-7-6-12-32(25-27)19-22-39(4,35)36/h26-28H,1,5-25H2,2-4H3. The minimum Gasteiger partial charge on any atom is -0.383 e. The van der Waals surface area contributed by atoms with Gasteiger partial charge in [0, 0.05) is 45.8 Å². The van der Waals surface area contributed by atoms with Crippen LogP contribution in [0.5, 0.6) is 0 Å². The molecule has 2 atom stereocenters. The Hall–Kier alpha value is -0.260. The molecule has 0 aliphatic carbocycles. The van der Waals surface area contributed by atoms with E-state index in [0.717, 1.165) is 78.1 Å². The van der Waals surface area contributed by atoms with Crippen molar-refractivity contribution in [2.24, 2.45) is 23.2 Å². The molecule has 3 fully saturated rings. The molecule has 8 nitrogen and oxygen atoms in total. The molecule has 2 unspecified atom stereocenters. The van der Waals surface area contributed by atoms with E-state index in [4.69, 9.17) is 4.74 Å². The Labute approximate surface area is 240 Å². The zero-order chi connectivity index (χ0) is 28.5. The highest BCUT2D eigenvalue weighted by Crippen LogP contribution is 2.50. The molecule has 0 spiro atoms. The van der Waals surface area contributed by atoms with E-state index in [0.29, 0.717) is 30.8 Å². The number of nitrogens with zero attached hydrogens (tertiary/aromatic N) is 3. The van der Waals surface area contributed by atoms with Crippen molar-refractivity contribution in [1.82, 2.24) is 14.7 Å². The molecule has 0 amide bonds. The fourth-order valence-electron chi connectivity index (χ4n) is 7.49. The number of sulfone groups is 2. The summed E-state index contributed by atoms with van der Waals surface area (Å²) in [5.74, 6) is 2.43. The smallest absolute Gasteiger partial charge is 0.148 e. The average molecular weight is 591 g/mol. The van der Waals surface area contributed by atoms with Gasteiger partial charge in [0.2, 0.25) is 0 Å². The molecule has 3 heterocycles. The van der Waals surface area contributed by atoms with Gasteiger partial charge < -0.3 is 19.4 Å². The minimum absolute atomic E-state index is 0.220. The molecule has 0 aromatic carbocycles. The van der Waals surface area contributed by atoms with Gasteiger partial charge in [-0.05, 0) is 114 Å². The molecular weight excluding hydrogens is 534 g/mol. The van der Waals surface area contributed by atoms with Crippen molar-refractivity contribution in [3.05, 3.63) is 6.92 Å². The van der Waals surface area contributed by atoms with Crippen molar-refractivity contribution in [2.75, 3.05) is 96.6 Å². The van der Waals surface area contributed by atoms with Crippen molar-refractivity contribution in [3.8, 4) is 0 Å². The van der Waals surface area contributed by atoms with Gasteiger partial charge in [0.25, 0.3) is 0 Å². The zero-order valence-electron chi connectivity index (χ0n) is 25.0. The van der Waals surface area contributed by atoms with Gasteiger partial charge in [0.1, 0.15) is 19.7 Å². The summed E-state index contributed by atoms with van der Waals surface area (Å²) in [6.45, 7) is 13.9. The average Bonchev–Trinajstić information content (AvgIpc) is 2.89. The third kappa shape index (κ3) is 11.5. The van der Waals surface area contributed by atoms with E-state index in [-0.39, 0.29) is 16.9 Å².